The predicted octanol–water partition coefficient (Wildman–Crippen LogP) is 12.8. The summed E-state index contributed by atoms with van der Waals surface area (Å²) in [6.07, 6.45) is -26.6. The number of hydrogen-bond acceptors (Lipinski definition) is 6. The first-order valence-electron chi connectivity index (χ1n) is 15.4. The minimum absolute atomic E-state index is 8.87. The molecule has 0 fully saturated rings. The van der Waals surface area contributed by atoms with Gasteiger partial charge in [0.25, 0.3) is 29.5 Å². The normalized spacial score (nSPS) is 17.5. The maximum absolute atomic E-state index is 16.2. The molecule has 0 aliphatic rings. The van der Waals surface area contributed by atoms with Crippen molar-refractivity contribution in [3.05, 3.63) is 0 Å². The second-order valence-electron chi connectivity index (χ2n) is 13.7. The fourth-order valence-electron chi connectivity index (χ4n) is 4.26. The average Bonchev–Trinajstić information content (AvgIpc) is 3.17. The molecule has 0 aromatic rings. The number of sulfone groups is 3. The van der Waals surface area contributed by atoms with Gasteiger partial charge in [-0.05, 0) is 0 Å². The van der Waals surface area contributed by atoms with Crippen molar-refractivity contribution in [2.45, 2.75) is 127 Å². The Bertz CT molecular complexity index is 2290. The highest BCUT2D eigenvalue weighted by Gasteiger charge is 3.03. The standard InChI is InChI=1S/C22F46O6S3/c23-1(24,4(29,30)10(41,42)16(53,54)55)7(35,36)13(47,48)19(62,63)75(69,70)22(68,76(71,72)20(64,65)14(49,50)8(37,38)2(25,26)5(31,32)11(43,44)17(56,57)58)77(73,74)21(66,67)15(51,52)9(39,40)3(27,28)6(33,34)12(45,46)18(59,60)61. The van der Waals surface area contributed by atoms with Crippen LogP contribution in [0.2, 0.25) is 0 Å². The van der Waals surface area contributed by atoms with Crippen molar-refractivity contribution in [3.63, 3.8) is 0 Å². The molecule has 0 saturated carbocycles. The Hall–Kier alpha value is -3.37. The summed E-state index contributed by atoms with van der Waals surface area (Å²) in [6.45, 7) is 0. The van der Waals surface area contributed by atoms with Crippen LogP contribution in [0, 0.1) is 0 Å². The first kappa shape index (κ1) is 73.6. The van der Waals surface area contributed by atoms with Gasteiger partial charge < -0.3 is 0 Å². The lowest BCUT2D eigenvalue weighted by atomic mass is 9.94. The Morgan fingerprint density at radius 3 is 0.338 bits per heavy atom. The monoisotopic (exact) mass is 1330 g/mol. The van der Waals surface area contributed by atoms with E-state index in [1.165, 1.54) is 0 Å². The van der Waals surface area contributed by atoms with E-state index in [0.717, 1.165) is 0 Å². The summed E-state index contributed by atoms with van der Waals surface area (Å²) in [4.78, 5) is 0. The van der Waals surface area contributed by atoms with Gasteiger partial charge in [-0.1, -0.05) is 0 Å². The van der Waals surface area contributed by atoms with E-state index < -0.39 is 156 Å². The van der Waals surface area contributed by atoms with Gasteiger partial charge in [0.2, 0.25) is 0 Å². The van der Waals surface area contributed by atoms with Crippen LogP contribution in [0.4, 0.5) is 202 Å². The zero-order valence-electron chi connectivity index (χ0n) is 32.1. The molecular weight excluding hydrogens is 1330 g/mol. The van der Waals surface area contributed by atoms with Crippen LogP contribution in [0.1, 0.15) is 0 Å². The fourth-order valence-corrected chi connectivity index (χ4v) is 11.9. The van der Waals surface area contributed by atoms with Crippen molar-refractivity contribution in [2.75, 3.05) is 0 Å². The van der Waals surface area contributed by atoms with Gasteiger partial charge in [0, 0.05) is 0 Å². The summed E-state index contributed by atoms with van der Waals surface area (Å²) < 4.78 is 695. The van der Waals surface area contributed by atoms with Crippen molar-refractivity contribution in [3.8, 4) is 0 Å². The lowest BCUT2D eigenvalue weighted by Crippen LogP contribution is -2.78. The van der Waals surface area contributed by atoms with Gasteiger partial charge in [0.15, 0.2) is 0 Å². The lowest BCUT2D eigenvalue weighted by Gasteiger charge is -2.44. The largest absolute Gasteiger partial charge is 0.460 e. The molecule has 0 spiro atoms. The third-order valence-corrected chi connectivity index (χ3v) is 17.5. The van der Waals surface area contributed by atoms with Crippen molar-refractivity contribution in [1.82, 2.24) is 0 Å². The van der Waals surface area contributed by atoms with Gasteiger partial charge in [0.05, 0.1) is 0 Å². The van der Waals surface area contributed by atoms with Gasteiger partial charge in [-0.3, -0.25) is 0 Å². The van der Waals surface area contributed by atoms with Crippen LogP contribution in [0.3, 0.4) is 0 Å². The van der Waals surface area contributed by atoms with Crippen LogP contribution < -0.4 is 0 Å². The Labute approximate surface area is 384 Å². The highest BCUT2D eigenvalue weighted by atomic mass is 32.3. The minimum atomic E-state index is -12.9. The van der Waals surface area contributed by atoms with E-state index in [9.17, 15) is 223 Å². The van der Waals surface area contributed by atoms with Crippen LogP contribution >= 0.6 is 0 Å². The number of alkyl halides is 46. The van der Waals surface area contributed by atoms with E-state index in [1.54, 1.807) is 0 Å². The lowest BCUT2D eigenvalue weighted by molar-refractivity contribution is -0.448. The van der Waals surface area contributed by atoms with E-state index in [1.807, 2.05) is 0 Å². The highest BCUT2D eigenvalue weighted by molar-refractivity contribution is 8.26. The molecule has 0 aromatic carbocycles. The summed E-state index contributed by atoms with van der Waals surface area (Å²) >= 11 is 0. The maximum Gasteiger partial charge on any atom is 0.460 e. The van der Waals surface area contributed by atoms with E-state index in [2.05, 4.69) is 0 Å². The highest BCUT2D eigenvalue weighted by Crippen LogP contribution is 2.70. The molecule has 0 bridgehead atoms. The SMILES string of the molecule is O=S(=O)(C(F)(F)C(F)(F)C(F)(F)C(F)(F)C(F)(F)C(F)(F)C(F)(F)F)C(F)(S(=O)(=O)C(F)(F)C(F)(F)C(F)(F)C(F)(F)C(F)(F)C(F)(F)C(F)(F)F)S(=O)(=O)C(F)(F)C(F)(F)C(F)(F)C(F)(F)C(F)(F)C(F)(F)C(F)(F)F. The smallest absolute Gasteiger partial charge is 0.217 e. The molecule has 6 nitrogen and oxygen atoms in total. The van der Waals surface area contributed by atoms with E-state index in [0.29, 0.717) is 0 Å². The third-order valence-electron chi connectivity index (χ3n) is 8.87. The summed E-state index contributed by atoms with van der Waals surface area (Å²) in [5.41, 5.74) is 0. The van der Waals surface area contributed by atoms with Crippen LogP contribution in [0.15, 0.2) is 0 Å². The Kier molecular flexibility index (Phi) is 16.6. The molecule has 55 heteroatoms. The van der Waals surface area contributed by atoms with Gasteiger partial charge >= 0.3 is 127 Å². The van der Waals surface area contributed by atoms with Gasteiger partial charge in [-0.2, -0.15) is 202 Å². The Morgan fingerprint density at radius 1 is 0.143 bits per heavy atom. The molecule has 0 amide bonds. The van der Waals surface area contributed by atoms with Crippen LogP contribution in [-0.2, 0) is 29.5 Å². The number of halogens is 46. The molecule has 0 aliphatic carbocycles. The number of hydrogen-bond donors (Lipinski definition) is 0. The van der Waals surface area contributed by atoms with Gasteiger partial charge in [0.1, 0.15) is 0 Å². The molecule has 0 saturated heterocycles. The maximum atomic E-state index is 16.2. The van der Waals surface area contributed by atoms with Crippen molar-refractivity contribution >= 4 is 29.5 Å². The second-order valence-corrected chi connectivity index (χ2v) is 20.7. The fraction of sp³-hybridized carbons (Fsp3) is 1.00. The Morgan fingerprint density at radius 2 is 0.234 bits per heavy atom. The summed E-state index contributed by atoms with van der Waals surface area (Å²) in [6, 6.07) is 0. The van der Waals surface area contributed by atoms with E-state index >= 15 is 4.39 Å². The molecule has 0 radical (unpaired) electrons. The van der Waals surface area contributed by atoms with Crippen LogP contribution in [0.5, 0.6) is 0 Å². The summed E-state index contributed by atoms with van der Waals surface area (Å²) in [7, 11) is -38.8. The molecule has 0 aromatic heterocycles. The topological polar surface area (TPSA) is 102 Å². The molecule has 0 aliphatic heterocycles. The molecule has 0 atom stereocenters. The van der Waals surface area contributed by atoms with Crippen molar-refractivity contribution < 1.29 is 227 Å². The zero-order chi connectivity index (χ0) is 64.5. The van der Waals surface area contributed by atoms with Gasteiger partial charge in [-0.25, -0.2) is 25.3 Å². The van der Waals surface area contributed by atoms with Crippen LogP contribution in [-0.4, -0.2) is 152 Å². The minimum Gasteiger partial charge on any atom is -0.217 e. The molecule has 0 unspecified atom stereocenters. The van der Waals surface area contributed by atoms with Crippen LogP contribution in [0.25, 0.3) is 0 Å². The molecular formula is C22F46O6S3. The second kappa shape index (κ2) is 17.3. The molecule has 0 heterocycles. The molecule has 77 heavy (non-hydrogen) atoms. The van der Waals surface area contributed by atoms with Gasteiger partial charge in [-0.15, -0.1) is 0 Å². The van der Waals surface area contributed by atoms with Crippen molar-refractivity contribution in [1.29, 1.82) is 0 Å². The quantitative estimate of drug-likeness (QED) is 0.106. The summed E-state index contributed by atoms with van der Waals surface area (Å²) in [5, 5.41) is -33.9. The molecule has 464 valence electrons. The van der Waals surface area contributed by atoms with E-state index in [4.69, 9.17) is 0 Å². The molecule has 0 N–H and O–H groups in total. The Balaban J connectivity index is 10.0. The van der Waals surface area contributed by atoms with E-state index in [-0.39, 0.29) is 0 Å². The first-order chi connectivity index (χ1) is 32.0. The molecule has 0 rings (SSSR count). The third kappa shape index (κ3) is 8.01. The zero-order valence-corrected chi connectivity index (χ0v) is 34.5. The predicted molar refractivity (Wildman–Crippen MR) is 138 cm³/mol. The average molecular weight is 1330 g/mol. The summed E-state index contributed by atoms with van der Waals surface area (Å²) in [5.74, 6) is -155. The number of rotatable bonds is 21. The van der Waals surface area contributed by atoms with Crippen molar-refractivity contribution in [2.24, 2.45) is 0 Å². The first-order valence-corrected chi connectivity index (χ1v) is 19.9.